The van der Waals surface area contributed by atoms with Gasteiger partial charge in [-0.25, -0.2) is 4.79 Å². The van der Waals surface area contributed by atoms with E-state index in [1.165, 1.54) is 6.92 Å². The molecular weight excluding hydrogens is 322 g/mol. The van der Waals surface area contributed by atoms with Gasteiger partial charge >= 0.3 is 11.9 Å². The zero-order valence-electron chi connectivity index (χ0n) is 13.9. The van der Waals surface area contributed by atoms with E-state index in [0.29, 0.717) is 0 Å². The van der Waals surface area contributed by atoms with Crippen LogP contribution >= 0.6 is 0 Å². The number of amides is 2. The Hall–Kier alpha value is -2.20. The van der Waals surface area contributed by atoms with Crippen LogP contribution in [0.4, 0.5) is 0 Å². The summed E-state index contributed by atoms with van der Waals surface area (Å²) < 4.78 is 0. The van der Waals surface area contributed by atoms with Crippen molar-refractivity contribution in [1.82, 2.24) is 10.6 Å². The molecular formula is C14H25N3O7. The second kappa shape index (κ2) is 9.83. The smallest absolute Gasteiger partial charge is 0.326 e. The molecule has 0 bridgehead atoms. The first kappa shape index (κ1) is 21.8. The molecule has 0 radical (unpaired) electrons. The lowest BCUT2D eigenvalue weighted by Gasteiger charge is -2.25. The van der Waals surface area contributed by atoms with Gasteiger partial charge in [0.2, 0.25) is 11.8 Å². The van der Waals surface area contributed by atoms with Crippen LogP contribution in [-0.4, -0.2) is 63.3 Å². The molecule has 10 heteroatoms. The van der Waals surface area contributed by atoms with E-state index in [2.05, 4.69) is 10.6 Å². The van der Waals surface area contributed by atoms with E-state index in [-0.39, 0.29) is 12.3 Å². The lowest BCUT2D eigenvalue weighted by atomic mass is 10.0. The summed E-state index contributed by atoms with van der Waals surface area (Å²) in [6, 6.07) is -3.70. The predicted octanol–water partition coefficient (Wildman–Crippen LogP) is -1.73. The maximum Gasteiger partial charge on any atom is 0.326 e. The van der Waals surface area contributed by atoms with Gasteiger partial charge in [0.25, 0.3) is 0 Å². The van der Waals surface area contributed by atoms with Crippen molar-refractivity contribution in [3.8, 4) is 0 Å². The first-order valence-corrected chi connectivity index (χ1v) is 7.46. The first-order valence-electron chi connectivity index (χ1n) is 7.46. The summed E-state index contributed by atoms with van der Waals surface area (Å²) >= 11 is 0. The van der Waals surface area contributed by atoms with Crippen LogP contribution in [0.1, 0.15) is 33.6 Å². The number of nitrogens with one attached hydrogen (secondary N) is 2. The summed E-state index contributed by atoms with van der Waals surface area (Å²) in [5.74, 6) is -4.47. The number of aliphatic carboxylic acids is 2. The minimum atomic E-state index is -1.39. The van der Waals surface area contributed by atoms with Crippen molar-refractivity contribution in [2.45, 2.75) is 57.8 Å². The second-order valence-electron chi connectivity index (χ2n) is 5.83. The fraction of sp³-hybridized carbons (Fsp3) is 0.714. The Morgan fingerprint density at radius 3 is 1.92 bits per heavy atom. The maximum atomic E-state index is 12.2. The minimum Gasteiger partial charge on any atom is -0.481 e. The lowest BCUT2D eigenvalue weighted by molar-refractivity contribution is -0.143. The Bertz CT molecular complexity index is 479. The highest BCUT2D eigenvalue weighted by atomic mass is 16.4. The summed E-state index contributed by atoms with van der Waals surface area (Å²) in [6.45, 7) is 4.58. The second-order valence-corrected chi connectivity index (χ2v) is 5.83. The average Bonchev–Trinajstić information content (AvgIpc) is 2.46. The highest BCUT2D eigenvalue weighted by molar-refractivity contribution is 5.92. The summed E-state index contributed by atoms with van der Waals surface area (Å²) in [5.41, 5.74) is 5.49. The molecule has 4 atom stereocenters. The van der Waals surface area contributed by atoms with Gasteiger partial charge in [-0.05, 0) is 19.3 Å². The van der Waals surface area contributed by atoms with Gasteiger partial charge in [-0.2, -0.15) is 0 Å². The fourth-order valence-electron chi connectivity index (χ4n) is 1.79. The number of hydrogen-bond donors (Lipinski definition) is 6. The summed E-state index contributed by atoms with van der Waals surface area (Å²) in [6.07, 6.45) is -1.84. The first-order chi connectivity index (χ1) is 11.0. The van der Waals surface area contributed by atoms with E-state index in [4.69, 9.17) is 15.9 Å². The SMILES string of the molecule is CC(C)C(NC(=O)C(N)C(C)O)C(=O)NC(CCC(=O)O)C(=O)O. The molecule has 138 valence electrons. The van der Waals surface area contributed by atoms with Crippen LogP contribution < -0.4 is 16.4 Å². The zero-order chi connectivity index (χ0) is 19.0. The normalized spacial score (nSPS) is 15.9. The summed E-state index contributed by atoms with van der Waals surface area (Å²) in [7, 11) is 0. The molecule has 0 aliphatic heterocycles. The van der Waals surface area contributed by atoms with Gasteiger partial charge in [0.05, 0.1) is 6.10 Å². The van der Waals surface area contributed by atoms with Gasteiger partial charge in [0.15, 0.2) is 0 Å². The largest absolute Gasteiger partial charge is 0.481 e. The molecule has 0 fully saturated rings. The molecule has 0 saturated carbocycles. The molecule has 24 heavy (non-hydrogen) atoms. The van der Waals surface area contributed by atoms with E-state index in [0.717, 1.165) is 0 Å². The van der Waals surface area contributed by atoms with Crippen LogP contribution in [0.2, 0.25) is 0 Å². The zero-order valence-corrected chi connectivity index (χ0v) is 13.9. The molecule has 4 unspecified atom stereocenters. The quantitative estimate of drug-likeness (QED) is 0.270. The number of rotatable bonds is 10. The van der Waals surface area contributed by atoms with E-state index >= 15 is 0 Å². The standard InChI is InChI=1S/C14H25N3O7/c1-6(2)11(17-12(21)10(15)7(3)18)13(22)16-8(14(23)24)4-5-9(19)20/h6-8,10-11,18H,4-5,15H2,1-3H3,(H,16,22)(H,17,21)(H,19,20)(H,23,24). The van der Waals surface area contributed by atoms with Crippen LogP contribution in [0.5, 0.6) is 0 Å². The number of hydrogen-bond acceptors (Lipinski definition) is 6. The molecule has 10 nitrogen and oxygen atoms in total. The third kappa shape index (κ3) is 7.38. The number of carbonyl (C=O) groups is 4. The Morgan fingerprint density at radius 2 is 1.54 bits per heavy atom. The molecule has 0 rings (SSSR count). The van der Waals surface area contributed by atoms with Crippen LogP contribution in [-0.2, 0) is 19.2 Å². The van der Waals surface area contributed by atoms with Gasteiger partial charge in [0.1, 0.15) is 18.1 Å². The molecule has 0 aromatic rings. The van der Waals surface area contributed by atoms with Gasteiger partial charge in [-0.15, -0.1) is 0 Å². The number of aliphatic hydroxyl groups is 1. The predicted molar refractivity (Wildman–Crippen MR) is 82.9 cm³/mol. The molecule has 2 amide bonds. The number of carboxylic acids is 2. The van der Waals surface area contributed by atoms with Crippen molar-refractivity contribution in [3.05, 3.63) is 0 Å². The third-order valence-electron chi connectivity index (χ3n) is 3.33. The van der Waals surface area contributed by atoms with Crippen LogP contribution in [0.25, 0.3) is 0 Å². The van der Waals surface area contributed by atoms with E-state index in [1.807, 2.05) is 0 Å². The molecule has 0 aromatic carbocycles. The molecule has 0 aliphatic rings. The topological polar surface area (TPSA) is 179 Å². The van der Waals surface area contributed by atoms with Crippen molar-refractivity contribution >= 4 is 23.8 Å². The Morgan fingerprint density at radius 1 is 1.00 bits per heavy atom. The number of nitrogens with two attached hydrogens (primary N) is 1. The van der Waals surface area contributed by atoms with Gasteiger partial charge in [0, 0.05) is 6.42 Å². The molecule has 0 aromatic heterocycles. The van der Waals surface area contributed by atoms with E-state index in [1.54, 1.807) is 13.8 Å². The number of carbonyl (C=O) groups excluding carboxylic acids is 2. The Kier molecular flexibility index (Phi) is 8.93. The van der Waals surface area contributed by atoms with Crippen LogP contribution in [0.15, 0.2) is 0 Å². The van der Waals surface area contributed by atoms with Crippen LogP contribution in [0.3, 0.4) is 0 Å². The van der Waals surface area contributed by atoms with E-state index in [9.17, 15) is 24.3 Å². The van der Waals surface area contributed by atoms with Crippen LogP contribution in [0, 0.1) is 5.92 Å². The number of aliphatic hydroxyl groups excluding tert-OH is 1. The number of carboxylic acid groups (broad SMARTS) is 2. The van der Waals surface area contributed by atoms with Gasteiger partial charge < -0.3 is 31.7 Å². The lowest BCUT2D eigenvalue weighted by Crippen LogP contribution is -2.57. The molecule has 0 aliphatic carbocycles. The van der Waals surface area contributed by atoms with E-state index < -0.39 is 54.4 Å². The fourth-order valence-corrected chi connectivity index (χ4v) is 1.79. The average molecular weight is 347 g/mol. The molecule has 7 N–H and O–H groups in total. The summed E-state index contributed by atoms with van der Waals surface area (Å²) in [5, 5.41) is 31.5. The van der Waals surface area contributed by atoms with Crippen molar-refractivity contribution in [2.75, 3.05) is 0 Å². The highest BCUT2D eigenvalue weighted by Crippen LogP contribution is 2.06. The Labute approximate surface area is 139 Å². The maximum absolute atomic E-state index is 12.2. The minimum absolute atomic E-state index is 0.289. The van der Waals surface area contributed by atoms with Gasteiger partial charge in [-0.3, -0.25) is 14.4 Å². The Balaban J connectivity index is 4.97. The van der Waals surface area contributed by atoms with Gasteiger partial charge in [-0.1, -0.05) is 13.8 Å². The molecule has 0 spiro atoms. The third-order valence-corrected chi connectivity index (χ3v) is 3.33. The van der Waals surface area contributed by atoms with Crippen molar-refractivity contribution < 1.29 is 34.5 Å². The monoisotopic (exact) mass is 347 g/mol. The highest BCUT2D eigenvalue weighted by Gasteiger charge is 2.30. The van der Waals surface area contributed by atoms with Crippen molar-refractivity contribution in [3.63, 3.8) is 0 Å². The van der Waals surface area contributed by atoms with Crippen molar-refractivity contribution in [1.29, 1.82) is 0 Å². The van der Waals surface area contributed by atoms with Crippen molar-refractivity contribution in [2.24, 2.45) is 11.7 Å². The molecule has 0 heterocycles. The molecule has 0 saturated heterocycles. The summed E-state index contributed by atoms with van der Waals surface area (Å²) in [4.78, 5) is 45.8.